The molecule has 16 heteroatoms. The molecule has 0 aromatic carbocycles. The van der Waals surface area contributed by atoms with Gasteiger partial charge in [0.05, 0.1) is 31.9 Å². The van der Waals surface area contributed by atoms with Crippen LogP contribution in [0.3, 0.4) is 0 Å². The van der Waals surface area contributed by atoms with Crippen LogP contribution in [0.2, 0.25) is 0 Å². The maximum atomic E-state index is 12.8. The maximum absolute atomic E-state index is 12.8. The number of carbonyl (C=O) groups excluding carboxylic acids is 3. The lowest BCUT2D eigenvalue weighted by Gasteiger charge is -2.35. The molecule has 16 nitrogen and oxygen atoms in total. The predicted molar refractivity (Wildman–Crippen MR) is 186 cm³/mol. The number of carbonyl (C=O) groups is 3. The molecule has 4 rings (SSSR count). The summed E-state index contributed by atoms with van der Waals surface area (Å²) in [5, 5.41) is 0. The van der Waals surface area contributed by atoms with Gasteiger partial charge in [-0.25, -0.2) is 39.2 Å². The van der Waals surface area contributed by atoms with Gasteiger partial charge in [0, 0.05) is 95.8 Å². The number of hydrogen-bond donors (Lipinski definition) is 0. The molecule has 4 heterocycles. The Bertz CT molecular complexity index is 1350. The molecule has 2 aromatic rings. The van der Waals surface area contributed by atoms with Crippen molar-refractivity contribution in [3.8, 4) is 0 Å². The number of rotatable bonds is 12. The van der Waals surface area contributed by atoms with E-state index in [1.54, 1.807) is 60.9 Å². The van der Waals surface area contributed by atoms with Crippen LogP contribution in [0.1, 0.15) is 64.4 Å². The molecule has 0 N–H and O–H groups in total. The van der Waals surface area contributed by atoms with E-state index in [-0.39, 0.29) is 6.54 Å². The zero-order chi connectivity index (χ0) is 36.3. The fourth-order valence-corrected chi connectivity index (χ4v) is 5.25. The van der Waals surface area contributed by atoms with E-state index in [1.807, 2.05) is 0 Å². The summed E-state index contributed by atoms with van der Waals surface area (Å²) in [4.78, 5) is 65.2. The second kappa shape index (κ2) is 17.7. The Balaban J connectivity index is 1.12. The number of esters is 1. The highest BCUT2D eigenvalue weighted by atomic mass is 16.6. The monoisotopic (exact) mass is 699 g/mol. The minimum absolute atomic E-state index is 0.0722. The second-order valence-electron chi connectivity index (χ2n) is 14.2. The Morgan fingerprint density at radius 2 is 1.10 bits per heavy atom. The van der Waals surface area contributed by atoms with E-state index < -0.39 is 29.4 Å². The smallest absolute Gasteiger partial charge is 0.420 e. The molecule has 2 aliphatic heterocycles. The third kappa shape index (κ3) is 12.3. The standard InChI is InChI=1S/C34H53N9O7/c1-8-48-28(44)27-23-37-30(38-24-27)42-15-11-40(12-16-42)18-20-47-19-17-39-9-13-41(14-10-39)29-35-21-26(22-36-29)25-43(31(45)49-33(2,3)4)32(46)50-34(5,6)7/h21-24H,8-20,25H2,1-7H3. The largest absolute Gasteiger partial charge is 0.462 e. The first-order valence-electron chi connectivity index (χ1n) is 17.3. The van der Waals surface area contributed by atoms with Crippen molar-refractivity contribution in [2.24, 2.45) is 0 Å². The van der Waals surface area contributed by atoms with Gasteiger partial charge in [-0.15, -0.1) is 0 Å². The van der Waals surface area contributed by atoms with E-state index in [0.717, 1.165) is 70.3 Å². The van der Waals surface area contributed by atoms with Crippen molar-refractivity contribution in [3.05, 3.63) is 35.9 Å². The number of ether oxygens (including phenoxy) is 4. The molecule has 0 saturated carbocycles. The number of nitrogens with zero attached hydrogens (tertiary/aromatic N) is 9. The quantitative estimate of drug-likeness (QED) is 0.181. The molecule has 0 aliphatic carbocycles. The minimum Gasteiger partial charge on any atom is -0.462 e. The third-order valence-corrected chi connectivity index (χ3v) is 7.82. The van der Waals surface area contributed by atoms with Crippen LogP contribution in [-0.4, -0.2) is 149 Å². The number of aromatic nitrogens is 4. The van der Waals surface area contributed by atoms with Crippen molar-refractivity contribution >= 4 is 30.1 Å². The summed E-state index contributed by atoms with van der Waals surface area (Å²) in [6.45, 7) is 22.2. The lowest BCUT2D eigenvalue weighted by molar-refractivity contribution is -0.000320. The van der Waals surface area contributed by atoms with Crippen molar-refractivity contribution in [1.82, 2.24) is 34.6 Å². The first-order valence-corrected chi connectivity index (χ1v) is 17.3. The van der Waals surface area contributed by atoms with Gasteiger partial charge in [0.2, 0.25) is 11.9 Å². The van der Waals surface area contributed by atoms with Crippen LogP contribution in [0, 0.1) is 0 Å². The topological polar surface area (TPSA) is 156 Å². The molecular formula is C34H53N9O7. The van der Waals surface area contributed by atoms with E-state index in [0.29, 0.717) is 42.8 Å². The van der Waals surface area contributed by atoms with Gasteiger partial charge in [0.1, 0.15) is 11.2 Å². The first-order chi connectivity index (χ1) is 23.7. The summed E-state index contributed by atoms with van der Waals surface area (Å²) in [5.41, 5.74) is -0.606. The van der Waals surface area contributed by atoms with Crippen molar-refractivity contribution in [1.29, 1.82) is 0 Å². The van der Waals surface area contributed by atoms with Crippen molar-refractivity contribution in [3.63, 3.8) is 0 Å². The Morgan fingerprint density at radius 3 is 1.50 bits per heavy atom. The number of amides is 2. The highest BCUT2D eigenvalue weighted by Crippen LogP contribution is 2.18. The predicted octanol–water partition coefficient (Wildman–Crippen LogP) is 3.08. The average Bonchev–Trinajstić information content (AvgIpc) is 3.06. The summed E-state index contributed by atoms with van der Waals surface area (Å²) in [6.07, 6.45) is 4.72. The molecule has 2 fully saturated rings. The lowest BCUT2D eigenvalue weighted by atomic mass is 10.2. The van der Waals surface area contributed by atoms with E-state index in [9.17, 15) is 14.4 Å². The van der Waals surface area contributed by atoms with Crippen LogP contribution in [0.15, 0.2) is 24.8 Å². The summed E-state index contributed by atoms with van der Waals surface area (Å²) in [6, 6.07) is 0. The van der Waals surface area contributed by atoms with Gasteiger partial charge in [0.25, 0.3) is 0 Å². The molecule has 0 bridgehead atoms. The molecule has 276 valence electrons. The van der Waals surface area contributed by atoms with Gasteiger partial charge in [-0.2, -0.15) is 0 Å². The van der Waals surface area contributed by atoms with Gasteiger partial charge in [-0.05, 0) is 48.5 Å². The number of hydrogen-bond acceptors (Lipinski definition) is 15. The fraction of sp³-hybridized carbons (Fsp3) is 0.676. The van der Waals surface area contributed by atoms with Crippen molar-refractivity contribution in [2.75, 3.05) is 95.1 Å². The molecule has 2 aliphatic rings. The maximum Gasteiger partial charge on any atom is 0.420 e. The summed E-state index contributed by atoms with van der Waals surface area (Å²) < 4.78 is 21.9. The number of anilines is 2. The van der Waals surface area contributed by atoms with E-state index in [1.165, 1.54) is 12.4 Å². The Morgan fingerprint density at radius 1 is 0.680 bits per heavy atom. The molecule has 0 spiro atoms. The highest BCUT2D eigenvalue weighted by molar-refractivity contribution is 5.89. The Kier molecular flexibility index (Phi) is 13.7. The molecule has 2 amide bonds. The van der Waals surface area contributed by atoms with Crippen LogP contribution in [0.4, 0.5) is 21.5 Å². The van der Waals surface area contributed by atoms with Gasteiger partial charge < -0.3 is 28.7 Å². The molecular weight excluding hydrogens is 646 g/mol. The molecule has 0 unspecified atom stereocenters. The van der Waals surface area contributed by atoms with E-state index in [4.69, 9.17) is 18.9 Å². The third-order valence-electron chi connectivity index (χ3n) is 7.82. The summed E-state index contributed by atoms with van der Waals surface area (Å²) >= 11 is 0. The van der Waals surface area contributed by atoms with Crippen LogP contribution in [-0.2, 0) is 25.5 Å². The van der Waals surface area contributed by atoms with Crippen molar-refractivity contribution < 1.29 is 33.3 Å². The van der Waals surface area contributed by atoms with Crippen LogP contribution < -0.4 is 9.80 Å². The molecule has 50 heavy (non-hydrogen) atoms. The summed E-state index contributed by atoms with van der Waals surface area (Å²) in [7, 11) is 0. The van der Waals surface area contributed by atoms with Crippen LogP contribution in [0.5, 0.6) is 0 Å². The second-order valence-corrected chi connectivity index (χ2v) is 14.2. The van der Waals surface area contributed by atoms with Crippen LogP contribution >= 0.6 is 0 Å². The zero-order valence-electron chi connectivity index (χ0n) is 30.6. The molecule has 2 saturated heterocycles. The minimum atomic E-state index is -0.790. The van der Waals surface area contributed by atoms with Gasteiger partial charge in [-0.3, -0.25) is 9.80 Å². The van der Waals surface area contributed by atoms with E-state index >= 15 is 0 Å². The number of imide groups is 1. The normalized spacial score (nSPS) is 16.2. The Hall–Kier alpha value is -4.15. The van der Waals surface area contributed by atoms with Gasteiger partial charge in [0.15, 0.2) is 0 Å². The molecule has 0 radical (unpaired) electrons. The van der Waals surface area contributed by atoms with Crippen LogP contribution in [0.25, 0.3) is 0 Å². The van der Waals surface area contributed by atoms with E-state index in [2.05, 4.69) is 39.5 Å². The zero-order valence-corrected chi connectivity index (χ0v) is 30.6. The fourth-order valence-electron chi connectivity index (χ4n) is 5.25. The van der Waals surface area contributed by atoms with Gasteiger partial charge >= 0.3 is 18.2 Å². The molecule has 0 atom stereocenters. The van der Waals surface area contributed by atoms with Gasteiger partial charge in [-0.1, -0.05) is 0 Å². The SMILES string of the molecule is CCOC(=O)c1cnc(N2CCN(CCOCCN3CCN(c4ncc(CN(C(=O)OC(C)(C)C)C(=O)OC(C)(C)C)cn4)CC3)CC2)nc1. The average molecular weight is 700 g/mol. The highest BCUT2D eigenvalue weighted by Gasteiger charge is 2.31. The molecule has 2 aromatic heterocycles. The lowest BCUT2D eigenvalue weighted by Crippen LogP contribution is -2.48. The number of piperazine rings is 2. The summed E-state index contributed by atoms with van der Waals surface area (Å²) in [5.74, 6) is 0.819. The first kappa shape index (κ1) is 38.6. The van der Waals surface area contributed by atoms with Crippen molar-refractivity contribution in [2.45, 2.75) is 66.2 Å². The Labute approximate surface area is 295 Å².